The van der Waals surface area contributed by atoms with E-state index in [0.29, 0.717) is 47.9 Å². The molecule has 0 amide bonds. The van der Waals surface area contributed by atoms with Crippen LogP contribution in [-0.4, -0.2) is 24.2 Å². The molecule has 7 heteroatoms. The number of fused-ring (bicyclic) bond motifs is 3. The molecule has 0 saturated carbocycles. The van der Waals surface area contributed by atoms with Gasteiger partial charge in [-0.15, -0.1) is 0 Å². The van der Waals surface area contributed by atoms with Gasteiger partial charge in [0, 0.05) is 12.6 Å². The fourth-order valence-electron chi connectivity index (χ4n) is 4.17. The van der Waals surface area contributed by atoms with Crippen molar-refractivity contribution in [2.24, 2.45) is 0 Å². The van der Waals surface area contributed by atoms with E-state index in [9.17, 15) is 9.59 Å². The van der Waals surface area contributed by atoms with Crippen LogP contribution in [0.25, 0.3) is 11.0 Å². The summed E-state index contributed by atoms with van der Waals surface area (Å²) in [5, 5.41) is 0.419. The summed E-state index contributed by atoms with van der Waals surface area (Å²) in [7, 11) is 0. The maximum atomic E-state index is 13.2. The van der Waals surface area contributed by atoms with Crippen molar-refractivity contribution in [2.75, 3.05) is 13.3 Å². The highest BCUT2D eigenvalue weighted by atomic mass is 16.5. The highest BCUT2D eigenvalue weighted by Crippen LogP contribution is 2.35. The van der Waals surface area contributed by atoms with Crippen LogP contribution >= 0.6 is 0 Å². The Morgan fingerprint density at radius 3 is 2.57 bits per heavy atom. The Labute approximate surface area is 202 Å². The maximum absolute atomic E-state index is 13.2. The van der Waals surface area contributed by atoms with Gasteiger partial charge in [-0.1, -0.05) is 30.3 Å². The van der Waals surface area contributed by atoms with E-state index in [2.05, 4.69) is 24.0 Å². The van der Waals surface area contributed by atoms with Crippen molar-refractivity contribution >= 4 is 16.9 Å². The van der Waals surface area contributed by atoms with Crippen molar-refractivity contribution in [1.29, 1.82) is 0 Å². The van der Waals surface area contributed by atoms with Crippen molar-refractivity contribution < 1.29 is 23.4 Å². The zero-order chi connectivity index (χ0) is 24.4. The lowest BCUT2D eigenvalue weighted by Crippen LogP contribution is -2.34. The smallest absolute Gasteiger partial charge is 0.338 e. The molecular formula is C28H25NO6. The molecule has 35 heavy (non-hydrogen) atoms. The number of hydrogen-bond acceptors (Lipinski definition) is 7. The highest BCUT2D eigenvalue weighted by molar-refractivity contribution is 5.89. The fraction of sp³-hybridized carbons (Fsp3) is 0.214. The van der Waals surface area contributed by atoms with Gasteiger partial charge in [-0.05, 0) is 55.8 Å². The van der Waals surface area contributed by atoms with Crippen LogP contribution in [0.4, 0.5) is 0 Å². The summed E-state index contributed by atoms with van der Waals surface area (Å²) in [5.74, 6) is 0.772. The van der Waals surface area contributed by atoms with Crippen LogP contribution in [0.2, 0.25) is 0 Å². The molecule has 1 aromatic heterocycles. The predicted octanol–water partition coefficient (Wildman–Crippen LogP) is 5.68. The van der Waals surface area contributed by atoms with Crippen LogP contribution in [0.1, 0.15) is 41.4 Å². The van der Waals surface area contributed by atoms with Gasteiger partial charge in [-0.2, -0.15) is 0 Å². The number of carbonyl (C=O) groups excluding carboxylic acids is 1. The molecule has 5 rings (SSSR count). The largest absolute Gasteiger partial charge is 0.478 e. The average molecular weight is 472 g/mol. The van der Waals surface area contributed by atoms with Gasteiger partial charge < -0.3 is 18.6 Å². The van der Waals surface area contributed by atoms with Gasteiger partial charge in [-0.3, -0.25) is 9.69 Å². The van der Waals surface area contributed by atoms with Crippen molar-refractivity contribution in [3.63, 3.8) is 0 Å². The Balaban J connectivity index is 1.41. The third-order valence-corrected chi connectivity index (χ3v) is 6.14. The summed E-state index contributed by atoms with van der Waals surface area (Å²) >= 11 is 0. The van der Waals surface area contributed by atoms with E-state index < -0.39 is 5.97 Å². The zero-order valence-corrected chi connectivity index (χ0v) is 19.5. The van der Waals surface area contributed by atoms with Crippen LogP contribution in [0, 0.1) is 0 Å². The normalized spacial score (nSPS) is 14.1. The Morgan fingerprint density at radius 1 is 1.06 bits per heavy atom. The average Bonchev–Trinajstić information content (AvgIpc) is 2.90. The molecule has 1 atom stereocenters. The van der Waals surface area contributed by atoms with Gasteiger partial charge in [0.25, 0.3) is 0 Å². The Morgan fingerprint density at radius 2 is 1.83 bits per heavy atom. The number of hydrogen-bond donors (Lipinski definition) is 0. The van der Waals surface area contributed by atoms with Crippen molar-refractivity contribution in [3.8, 4) is 17.2 Å². The lowest BCUT2D eigenvalue weighted by Gasteiger charge is -2.33. The van der Waals surface area contributed by atoms with Crippen LogP contribution in [0.3, 0.4) is 0 Å². The summed E-state index contributed by atoms with van der Waals surface area (Å²) in [4.78, 5) is 27.2. The van der Waals surface area contributed by atoms with E-state index in [0.717, 1.165) is 5.56 Å². The molecule has 0 bridgehead atoms. The monoisotopic (exact) mass is 471 g/mol. The third-order valence-electron chi connectivity index (χ3n) is 6.14. The number of esters is 1. The molecule has 0 fully saturated rings. The van der Waals surface area contributed by atoms with Gasteiger partial charge >= 0.3 is 5.97 Å². The predicted molar refractivity (Wildman–Crippen MR) is 131 cm³/mol. The Hall–Kier alpha value is -4.10. The quantitative estimate of drug-likeness (QED) is 0.335. The molecule has 3 aromatic carbocycles. The molecule has 1 unspecified atom stereocenters. The summed E-state index contributed by atoms with van der Waals surface area (Å²) in [5.41, 5.74) is 2.63. The first-order valence-electron chi connectivity index (χ1n) is 11.5. The minimum absolute atomic E-state index is 0.0626. The molecular weight excluding hydrogens is 446 g/mol. The van der Waals surface area contributed by atoms with Crippen LogP contribution in [0.15, 0.2) is 82.2 Å². The standard InChI is InChI=1S/C28H25NO6/c1-3-32-28(31)20-9-11-21(12-10-20)35-25-16-33-27-22(26(25)30)13-14-24-23(27)15-29(17-34-24)18(2)19-7-5-4-6-8-19/h4-14,16,18H,3,15,17H2,1-2H3. The summed E-state index contributed by atoms with van der Waals surface area (Å²) in [6.07, 6.45) is 1.32. The Kier molecular flexibility index (Phi) is 6.25. The summed E-state index contributed by atoms with van der Waals surface area (Å²) in [6.45, 7) is 5.21. The maximum Gasteiger partial charge on any atom is 0.338 e. The molecule has 2 heterocycles. The molecule has 0 aliphatic carbocycles. The molecule has 0 N–H and O–H groups in total. The molecule has 7 nitrogen and oxygen atoms in total. The minimum Gasteiger partial charge on any atom is -0.478 e. The summed E-state index contributed by atoms with van der Waals surface area (Å²) in [6, 6.07) is 20.2. The van der Waals surface area contributed by atoms with E-state index >= 15 is 0 Å². The highest BCUT2D eigenvalue weighted by Gasteiger charge is 2.26. The van der Waals surface area contributed by atoms with E-state index in [1.165, 1.54) is 11.8 Å². The molecule has 4 aromatic rings. The van der Waals surface area contributed by atoms with Gasteiger partial charge in [-0.25, -0.2) is 4.79 Å². The second kappa shape index (κ2) is 9.64. The molecule has 1 aliphatic heterocycles. The van der Waals surface area contributed by atoms with Crippen LogP contribution < -0.4 is 14.9 Å². The SMILES string of the molecule is CCOC(=O)c1ccc(Oc2coc3c4c(ccc3c2=O)OCN(C(C)c2ccccc2)C4)cc1. The first kappa shape index (κ1) is 22.7. The summed E-state index contributed by atoms with van der Waals surface area (Å²) < 4.78 is 22.7. The van der Waals surface area contributed by atoms with Crippen molar-refractivity contribution in [2.45, 2.75) is 26.4 Å². The third kappa shape index (κ3) is 4.50. The number of nitrogens with zero attached hydrogens (tertiary/aromatic N) is 1. The van der Waals surface area contributed by atoms with Gasteiger partial charge in [0.15, 0.2) is 0 Å². The van der Waals surface area contributed by atoms with Gasteiger partial charge in [0.05, 0.1) is 23.1 Å². The Bertz CT molecular complexity index is 1410. The van der Waals surface area contributed by atoms with Crippen molar-refractivity contribution in [3.05, 3.63) is 99.9 Å². The lowest BCUT2D eigenvalue weighted by molar-refractivity contribution is 0.0526. The van der Waals surface area contributed by atoms with Gasteiger partial charge in [0.2, 0.25) is 11.2 Å². The first-order chi connectivity index (χ1) is 17.0. The number of rotatable bonds is 6. The minimum atomic E-state index is -0.410. The van der Waals surface area contributed by atoms with E-state index in [4.69, 9.17) is 18.6 Å². The number of carbonyl (C=O) groups is 1. The topological polar surface area (TPSA) is 78.2 Å². The lowest BCUT2D eigenvalue weighted by atomic mass is 10.0. The second-order valence-corrected chi connectivity index (χ2v) is 8.30. The molecule has 0 radical (unpaired) electrons. The van der Waals surface area contributed by atoms with Crippen LogP contribution in [0.5, 0.6) is 17.2 Å². The number of ether oxygens (including phenoxy) is 3. The van der Waals surface area contributed by atoms with E-state index in [1.54, 1.807) is 43.3 Å². The second-order valence-electron chi connectivity index (χ2n) is 8.30. The van der Waals surface area contributed by atoms with Crippen LogP contribution in [-0.2, 0) is 11.3 Å². The first-order valence-corrected chi connectivity index (χ1v) is 11.5. The van der Waals surface area contributed by atoms with E-state index in [1.807, 2.05) is 18.2 Å². The van der Waals surface area contributed by atoms with E-state index in [-0.39, 0.29) is 17.2 Å². The molecule has 1 aliphatic rings. The molecule has 0 saturated heterocycles. The zero-order valence-electron chi connectivity index (χ0n) is 19.5. The van der Waals surface area contributed by atoms with Crippen molar-refractivity contribution in [1.82, 2.24) is 4.90 Å². The molecule has 0 spiro atoms. The number of benzene rings is 3. The fourth-order valence-corrected chi connectivity index (χ4v) is 4.17. The molecule has 178 valence electrons. The van der Waals surface area contributed by atoms with Gasteiger partial charge in [0.1, 0.15) is 30.1 Å².